The number of hydrogen-bond acceptors (Lipinski definition) is 4. The second-order valence-electron chi connectivity index (χ2n) is 5.51. The lowest BCUT2D eigenvalue weighted by atomic mass is 10.1. The number of methoxy groups -OCH3 is 1. The highest BCUT2D eigenvalue weighted by molar-refractivity contribution is 5.90. The highest BCUT2D eigenvalue weighted by Crippen LogP contribution is 2.30. The van der Waals surface area contributed by atoms with Crippen LogP contribution in [0.5, 0.6) is 11.5 Å². The summed E-state index contributed by atoms with van der Waals surface area (Å²) in [4.78, 5) is 11.7. The van der Waals surface area contributed by atoms with E-state index in [2.05, 4.69) is 18.2 Å². The van der Waals surface area contributed by atoms with Crippen LogP contribution in [0.2, 0.25) is 0 Å². The first-order valence-electron chi connectivity index (χ1n) is 8.17. The lowest BCUT2D eigenvalue weighted by Gasteiger charge is -2.14. The number of carbonyl (C=O) groups excluding carboxylic acids is 1. The summed E-state index contributed by atoms with van der Waals surface area (Å²) in [5.41, 5.74) is 1.53. The molecule has 0 unspecified atom stereocenters. The molecule has 0 aliphatic carbocycles. The fraction of sp³-hybridized carbons (Fsp3) is 0.190. The Morgan fingerprint density at radius 2 is 1.72 bits per heavy atom. The summed E-state index contributed by atoms with van der Waals surface area (Å²) in [6, 6.07) is 19.4. The zero-order valence-electron chi connectivity index (χ0n) is 14.3. The predicted octanol–water partition coefficient (Wildman–Crippen LogP) is 4.60. The molecule has 0 aromatic heterocycles. The van der Waals surface area contributed by atoms with E-state index in [0.29, 0.717) is 30.3 Å². The number of hydrogen-bond donors (Lipinski definition) is 0. The summed E-state index contributed by atoms with van der Waals surface area (Å²) < 4.78 is 16.3. The molecule has 0 atom stereocenters. The fourth-order valence-corrected chi connectivity index (χ4v) is 2.71. The van der Waals surface area contributed by atoms with Crippen LogP contribution >= 0.6 is 0 Å². The summed E-state index contributed by atoms with van der Waals surface area (Å²) in [6.07, 6.45) is 0. The van der Waals surface area contributed by atoms with Crippen molar-refractivity contribution in [2.75, 3.05) is 13.7 Å². The first-order valence-corrected chi connectivity index (χ1v) is 8.17. The first kappa shape index (κ1) is 16.8. The van der Waals surface area contributed by atoms with Gasteiger partial charge in [-0.2, -0.15) is 0 Å². The Morgan fingerprint density at radius 1 is 0.920 bits per heavy atom. The van der Waals surface area contributed by atoms with Crippen molar-refractivity contribution in [3.8, 4) is 11.5 Å². The largest absolute Gasteiger partial charge is 0.490 e. The van der Waals surface area contributed by atoms with Crippen LogP contribution in [0.1, 0.15) is 22.8 Å². The summed E-state index contributed by atoms with van der Waals surface area (Å²) in [7, 11) is 1.35. The predicted molar refractivity (Wildman–Crippen MR) is 97.2 cm³/mol. The van der Waals surface area contributed by atoms with Crippen molar-refractivity contribution in [2.45, 2.75) is 13.5 Å². The van der Waals surface area contributed by atoms with Gasteiger partial charge in [0.2, 0.25) is 0 Å². The van der Waals surface area contributed by atoms with Crippen molar-refractivity contribution >= 4 is 16.7 Å². The normalized spacial score (nSPS) is 10.5. The van der Waals surface area contributed by atoms with Gasteiger partial charge in [0.1, 0.15) is 6.61 Å². The molecule has 0 aliphatic heterocycles. The summed E-state index contributed by atoms with van der Waals surface area (Å²) in [5.74, 6) is 0.731. The number of rotatable bonds is 6. The van der Waals surface area contributed by atoms with Crippen LogP contribution < -0.4 is 9.47 Å². The van der Waals surface area contributed by atoms with Crippen LogP contribution in [0, 0.1) is 0 Å². The van der Waals surface area contributed by atoms with Gasteiger partial charge in [0.05, 0.1) is 19.3 Å². The monoisotopic (exact) mass is 336 g/mol. The minimum Gasteiger partial charge on any atom is -0.490 e. The molecule has 0 amide bonds. The van der Waals surface area contributed by atoms with E-state index in [9.17, 15) is 4.79 Å². The molecular formula is C21H20O4. The summed E-state index contributed by atoms with van der Waals surface area (Å²) >= 11 is 0. The third kappa shape index (κ3) is 3.74. The van der Waals surface area contributed by atoms with Crippen molar-refractivity contribution in [3.63, 3.8) is 0 Å². The van der Waals surface area contributed by atoms with E-state index in [1.54, 1.807) is 18.2 Å². The van der Waals surface area contributed by atoms with Gasteiger partial charge in [0.25, 0.3) is 0 Å². The quantitative estimate of drug-likeness (QED) is 0.617. The smallest absolute Gasteiger partial charge is 0.337 e. The Balaban J connectivity index is 1.85. The number of esters is 1. The fourth-order valence-electron chi connectivity index (χ4n) is 2.71. The highest BCUT2D eigenvalue weighted by atomic mass is 16.5. The van der Waals surface area contributed by atoms with Crippen LogP contribution in [0.4, 0.5) is 0 Å². The minimum absolute atomic E-state index is 0.401. The van der Waals surface area contributed by atoms with E-state index in [-0.39, 0.29) is 0 Å². The SMILES string of the molecule is CCOc1cc(C(=O)OC)ccc1OCc1cccc2ccccc12. The van der Waals surface area contributed by atoms with Crippen LogP contribution in [-0.2, 0) is 11.3 Å². The van der Waals surface area contributed by atoms with Crippen LogP contribution in [0.3, 0.4) is 0 Å². The third-order valence-corrected chi connectivity index (χ3v) is 3.93. The molecule has 0 radical (unpaired) electrons. The maximum atomic E-state index is 11.7. The van der Waals surface area contributed by atoms with Crippen molar-refractivity contribution < 1.29 is 19.0 Å². The second-order valence-corrected chi connectivity index (χ2v) is 5.51. The Bertz CT molecular complexity index is 881. The first-order chi connectivity index (χ1) is 12.2. The van der Waals surface area contributed by atoms with Gasteiger partial charge in [0.15, 0.2) is 11.5 Å². The van der Waals surface area contributed by atoms with Gasteiger partial charge in [0, 0.05) is 0 Å². The molecule has 128 valence electrons. The average Bonchev–Trinajstić information content (AvgIpc) is 2.66. The van der Waals surface area contributed by atoms with Gasteiger partial charge < -0.3 is 14.2 Å². The maximum Gasteiger partial charge on any atom is 0.337 e. The molecule has 0 fully saturated rings. The van der Waals surface area contributed by atoms with Gasteiger partial charge in [-0.15, -0.1) is 0 Å². The van der Waals surface area contributed by atoms with Crippen molar-refractivity contribution in [3.05, 3.63) is 71.8 Å². The number of benzene rings is 3. The van der Waals surface area contributed by atoms with Crippen molar-refractivity contribution in [2.24, 2.45) is 0 Å². The van der Waals surface area contributed by atoms with E-state index in [1.807, 2.05) is 31.2 Å². The molecule has 3 aromatic carbocycles. The van der Waals surface area contributed by atoms with Crippen LogP contribution in [-0.4, -0.2) is 19.7 Å². The van der Waals surface area contributed by atoms with Crippen LogP contribution in [0.15, 0.2) is 60.7 Å². The Hall–Kier alpha value is -3.01. The number of fused-ring (bicyclic) bond motifs is 1. The van der Waals surface area contributed by atoms with E-state index in [1.165, 1.54) is 12.5 Å². The molecule has 0 saturated heterocycles. The molecule has 3 aromatic rings. The lowest BCUT2D eigenvalue weighted by molar-refractivity contribution is 0.0600. The summed E-state index contributed by atoms with van der Waals surface area (Å²) in [5, 5.41) is 2.34. The minimum atomic E-state index is -0.401. The molecule has 3 rings (SSSR count). The molecule has 0 bridgehead atoms. The molecule has 0 aliphatic rings. The van der Waals surface area contributed by atoms with Crippen LogP contribution in [0.25, 0.3) is 10.8 Å². The highest BCUT2D eigenvalue weighted by Gasteiger charge is 2.12. The molecule has 25 heavy (non-hydrogen) atoms. The Labute approximate surface area is 146 Å². The standard InChI is InChI=1S/C21H20O4/c1-3-24-20-13-16(21(22)23-2)11-12-19(20)25-14-17-9-6-8-15-7-4-5-10-18(15)17/h4-13H,3,14H2,1-2H3. The van der Waals surface area contributed by atoms with E-state index >= 15 is 0 Å². The molecule has 0 saturated carbocycles. The second kappa shape index (κ2) is 7.71. The molecule has 0 N–H and O–H groups in total. The van der Waals surface area contributed by atoms with E-state index in [4.69, 9.17) is 14.2 Å². The van der Waals surface area contributed by atoms with Gasteiger partial charge in [-0.05, 0) is 41.5 Å². The van der Waals surface area contributed by atoms with Gasteiger partial charge in [-0.1, -0.05) is 42.5 Å². The Kier molecular flexibility index (Phi) is 5.19. The molecule has 4 heteroatoms. The summed E-state index contributed by atoms with van der Waals surface area (Å²) in [6.45, 7) is 2.79. The number of carbonyl (C=O) groups is 1. The average molecular weight is 336 g/mol. The number of ether oxygens (including phenoxy) is 3. The molecule has 4 nitrogen and oxygen atoms in total. The topological polar surface area (TPSA) is 44.8 Å². The van der Waals surface area contributed by atoms with Crippen molar-refractivity contribution in [1.29, 1.82) is 0 Å². The maximum absolute atomic E-state index is 11.7. The van der Waals surface area contributed by atoms with E-state index < -0.39 is 5.97 Å². The van der Waals surface area contributed by atoms with Crippen molar-refractivity contribution in [1.82, 2.24) is 0 Å². The molecule has 0 heterocycles. The van der Waals surface area contributed by atoms with Gasteiger partial charge >= 0.3 is 5.97 Å². The zero-order chi connectivity index (χ0) is 17.6. The van der Waals surface area contributed by atoms with E-state index in [0.717, 1.165) is 10.9 Å². The lowest BCUT2D eigenvalue weighted by Crippen LogP contribution is -2.04. The van der Waals surface area contributed by atoms with Gasteiger partial charge in [-0.25, -0.2) is 4.79 Å². The Morgan fingerprint density at radius 3 is 2.52 bits per heavy atom. The molecular weight excluding hydrogens is 316 g/mol. The third-order valence-electron chi connectivity index (χ3n) is 3.93. The zero-order valence-corrected chi connectivity index (χ0v) is 14.3. The van der Waals surface area contributed by atoms with Gasteiger partial charge in [-0.3, -0.25) is 0 Å². The molecule has 0 spiro atoms.